The van der Waals surface area contributed by atoms with Crippen molar-refractivity contribution in [1.29, 1.82) is 0 Å². The maximum atomic E-state index is 6.50. The van der Waals surface area contributed by atoms with Crippen molar-refractivity contribution in [2.45, 2.75) is 32.7 Å². The normalized spacial score (nSPS) is 14.2. The molecule has 0 aliphatic rings. The molecule has 100 valence electrons. The molecule has 0 spiro atoms. The first-order chi connectivity index (χ1) is 8.88. The molecule has 0 radical (unpaired) electrons. The molecule has 1 nitrogen and oxygen atoms in total. The number of rotatable bonds is 3. The first kappa shape index (κ1) is 14.1. The van der Waals surface area contributed by atoms with Gasteiger partial charge in [-0.15, -0.1) is 0 Å². The van der Waals surface area contributed by atoms with E-state index in [-0.39, 0.29) is 5.54 Å². The molecule has 2 N–H and O–H groups in total. The van der Waals surface area contributed by atoms with Crippen LogP contribution >= 0.6 is 11.6 Å². The van der Waals surface area contributed by atoms with Crippen LogP contribution in [-0.2, 0) is 12.0 Å². The molecular formula is C17H20ClN. The van der Waals surface area contributed by atoms with E-state index in [1.807, 2.05) is 24.3 Å². The number of aryl methyl sites for hydroxylation is 2. The number of hydrogen-bond donors (Lipinski definition) is 1. The van der Waals surface area contributed by atoms with Gasteiger partial charge in [-0.05, 0) is 56.0 Å². The summed E-state index contributed by atoms with van der Waals surface area (Å²) < 4.78 is 0. The van der Waals surface area contributed by atoms with Crippen molar-refractivity contribution in [2.24, 2.45) is 5.73 Å². The summed E-state index contributed by atoms with van der Waals surface area (Å²) in [6.07, 6.45) is 0.822. The van der Waals surface area contributed by atoms with Gasteiger partial charge in [0.15, 0.2) is 0 Å². The van der Waals surface area contributed by atoms with Crippen molar-refractivity contribution in [3.63, 3.8) is 0 Å². The minimum atomic E-state index is -0.386. The largest absolute Gasteiger partial charge is 0.321 e. The van der Waals surface area contributed by atoms with Gasteiger partial charge in [-0.25, -0.2) is 0 Å². The average molecular weight is 274 g/mol. The summed E-state index contributed by atoms with van der Waals surface area (Å²) in [7, 11) is 0. The number of hydrogen-bond acceptors (Lipinski definition) is 1. The Morgan fingerprint density at radius 2 is 1.68 bits per heavy atom. The van der Waals surface area contributed by atoms with Gasteiger partial charge < -0.3 is 5.73 Å². The van der Waals surface area contributed by atoms with Gasteiger partial charge >= 0.3 is 0 Å². The quantitative estimate of drug-likeness (QED) is 0.883. The molecule has 0 saturated heterocycles. The van der Waals surface area contributed by atoms with E-state index in [1.165, 1.54) is 16.7 Å². The van der Waals surface area contributed by atoms with Crippen molar-refractivity contribution in [1.82, 2.24) is 0 Å². The van der Waals surface area contributed by atoms with Gasteiger partial charge in [0.05, 0.1) is 0 Å². The number of benzene rings is 2. The van der Waals surface area contributed by atoms with E-state index in [4.69, 9.17) is 17.3 Å². The summed E-state index contributed by atoms with van der Waals surface area (Å²) in [6.45, 7) is 6.31. The lowest BCUT2D eigenvalue weighted by atomic mass is 9.85. The summed E-state index contributed by atoms with van der Waals surface area (Å²) in [5, 5.41) is 0.742. The third-order valence-corrected chi connectivity index (χ3v) is 3.82. The Labute approximate surface area is 120 Å². The van der Waals surface area contributed by atoms with Crippen molar-refractivity contribution >= 4 is 11.6 Å². The van der Waals surface area contributed by atoms with Crippen LogP contribution in [0.25, 0.3) is 0 Å². The topological polar surface area (TPSA) is 26.0 Å². The van der Waals surface area contributed by atoms with Gasteiger partial charge in [0, 0.05) is 10.6 Å². The van der Waals surface area contributed by atoms with Gasteiger partial charge in [-0.1, -0.05) is 47.5 Å². The van der Waals surface area contributed by atoms with Crippen LogP contribution in [0, 0.1) is 13.8 Å². The van der Waals surface area contributed by atoms with E-state index in [0.29, 0.717) is 0 Å². The van der Waals surface area contributed by atoms with Crippen LogP contribution in [0.1, 0.15) is 29.2 Å². The van der Waals surface area contributed by atoms with Crippen LogP contribution < -0.4 is 5.73 Å². The highest BCUT2D eigenvalue weighted by atomic mass is 35.5. The Balaban J connectivity index is 2.30. The van der Waals surface area contributed by atoms with Crippen LogP contribution in [-0.4, -0.2) is 0 Å². The fraction of sp³-hybridized carbons (Fsp3) is 0.294. The van der Waals surface area contributed by atoms with Gasteiger partial charge in [-0.2, -0.15) is 0 Å². The zero-order chi connectivity index (χ0) is 14.0. The second kappa shape index (κ2) is 5.36. The van der Waals surface area contributed by atoms with E-state index in [1.54, 1.807) is 0 Å². The van der Waals surface area contributed by atoms with Crippen molar-refractivity contribution in [2.75, 3.05) is 0 Å². The average Bonchev–Trinajstić information content (AvgIpc) is 2.34. The Morgan fingerprint density at radius 1 is 1.05 bits per heavy atom. The molecule has 2 rings (SSSR count). The highest BCUT2D eigenvalue weighted by Crippen LogP contribution is 2.26. The summed E-state index contributed by atoms with van der Waals surface area (Å²) in [5.74, 6) is 0. The van der Waals surface area contributed by atoms with Crippen molar-refractivity contribution in [3.8, 4) is 0 Å². The lowest BCUT2D eigenvalue weighted by Crippen LogP contribution is -2.35. The molecule has 0 heterocycles. The molecule has 19 heavy (non-hydrogen) atoms. The van der Waals surface area contributed by atoms with Crippen molar-refractivity contribution in [3.05, 3.63) is 69.7 Å². The second-order valence-corrected chi connectivity index (χ2v) is 5.97. The van der Waals surface area contributed by atoms with Crippen molar-refractivity contribution < 1.29 is 0 Å². The Morgan fingerprint density at radius 3 is 2.32 bits per heavy atom. The molecule has 2 aromatic rings. The molecule has 0 aliphatic heterocycles. The van der Waals surface area contributed by atoms with Crippen LogP contribution in [0.4, 0.5) is 0 Å². The summed E-state index contributed by atoms with van der Waals surface area (Å²) >= 11 is 5.93. The van der Waals surface area contributed by atoms with E-state index < -0.39 is 0 Å². The molecular weight excluding hydrogens is 254 g/mol. The summed E-state index contributed by atoms with van der Waals surface area (Å²) in [4.78, 5) is 0. The minimum Gasteiger partial charge on any atom is -0.321 e. The first-order valence-electron chi connectivity index (χ1n) is 6.49. The van der Waals surface area contributed by atoms with Gasteiger partial charge in [0.2, 0.25) is 0 Å². The van der Waals surface area contributed by atoms with Crippen LogP contribution in [0.5, 0.6) is 0 Å². The highest BCUT2D eigenvalue weighted by molar-refractivity contribution is 6.30. The molecule has 1 unspecified atom stereocenters. The lowest BCUT2D eigenvalue weighted by Gasteiger charge is -2.26. The van der Waals surface area contributed by atoms with Crippen LogP contribution in [0.2, 0.25) is 5.02 Å². The first-order valence-corrected chi connectivity index (χ1v) is 6.87. The van der Waals surface area contributed by atoms with Crippen LogP contribution in [0.15, 0.2) is 42.5 Å². The maximum Gasteiger partial charge on any atom is 0.0421 e. The monoisotopic (exact) mass is 273 g/mol. The second-order valence-electron chi connectivity index (χ2n) is 5.53. The Hall–Kier alpha value is -1.31. The summed E-state index contributed by atoms with van der Waals surface area (Å²) in [6, 6.07) is 14.3. The molecule has 0 fully saturated rings. The zero-order valence-corrected chi connectivity index (χ0v) is 12.5. The van der Waals surface area contributed by atoms with E-state index >= 15 is 0 Å². The fourth-order valence-corrected chi connectivity index (χ4v) is 2.45. The maximum absolute atomic E-state index is 6.50. The smallest absolute Gasteiger partial charge is 0.0421 e. The lowest BCUT2D eigenvalue weighted by molar-refractivity contribution is 0.490. The molecule has 2 heteroatoms. The Kier molecular flexibility index (Phi) is 3.98. The predicted octanol–water partition coefficient (Wildman–Crippen LogP) is 4.37. The predicted molar refractivity (Wildman–Crippen MR) is 82.6 cm³/mol. The van der Waals surface area contributed by atoms with E-state index in [2.05, 4.69) is 39.0 Å². The Bertz CT molecular complexity index is 570. The SMILES string of the molecule is Cc1ccc(C)c(CC(C)(N)c2ccc(Cl)cc2)c1. The van der Waals surface area contributed by atoms with E-state index in [0.717, 1.165) is 17.0 Å². The molecule has 0 aromatic heterocycles. The van der Waals surface area contributed by atoms with Gasteiger partial charge in [0.1, 0.15) is 0 Å². The fourth-order valence-electron chi connectivity index (χ4n) is 2.32. The molecule has 1 atom stereocenters. The molecule has 0 bridgehead atoms. The number of nitrogens with two attached hydrogens (primary N) is 1. The standard InChI is InChI=1S/C17H20ClN/c1-12-4-5-13(2)14(10-12)11-17(3,19)15-6-8-16(18)9-7-15/h4-10H,11,19H2,1-3H3. The highest BCUT2D eigenvalue weighted by Gasteiger charge is 2.22. The third-order valence-electron chi connectivity index (χ3n) is 3.57. The molecule has 0 saturated carbocycles. The van der Waals surface area contributed by atoms with Crippen LogP contribution in [0.3, 0.4) is 0 Å². The van der Waals surface area contributed by atoms with E-state index in [9.17, 15) is 0 Å². The molecule has 0 amide bonds. The molecule has 0 aliphatic carbocycles. The summed E-state index contributed by atoms with van der Waals surface area (Å²) in [5.41, 5.74) is 11.1. The third kappa shape index (κ3) is 3.37. The van der Waals surface area contributed by atoms with Gasteiger partial charge in [-0.3, -0.25) is 0 Å². The minimum absolute atomic E-state index is 0.386. The van der Waals surface area contributed by atoms with Gasteiger partial charge in [0.25, 0.3) is 0 Å². The zero-order valence-electron chi connectivity index (χ0n) is 11.7. The number of halogens is 1. The molecule has 2 aromatic carbocycles.